The van der Waals surface area contributed by atoms with E-state index in [4.69, 9.17) is 0 Å². The molecule has 0 saturated carbocycles. The average Bonchev–Trinajstić information content (AvgIpc) is 2.33. The third-order valence-electron chi connectivity index (χ3n) is 1.20. The van der Waals surface area contributed by atoms with Crippen LogP contribution in [0.2, 0.25) is 0 Å². The van der Waals surface area contributed by atoms with Crippen LogP contribution >= 0.6 is 11.3 Å². The molecule has 0 saturated heterocycles. The van der Waals surface area contributed by atoms with Crippen LogP contribution in [0.15, 0.2) is 17.6 Å². The molecule has 0 aliphatic rings. The van der Waals surface area contributed by atoms with E-state index in [9.17, 15) is 0 Å². The van der Waals surface area contributed by atoms with Gasteiger partial charge in [0.15, 0.2) is 0 Å². The molecule has 0 atom stereocenters. The Hall–Kier alpha value is -0.161. The van der Waals surface area contributed by atoms with Crippen LogP contribution in [-0.2, 0) is 0 Å². The number of nitrogens with zero attached hydrogens (tertiary/aromatic N) is 2. The molecule has 10 heavy (non-hydrogen) atoms. The van der Waals surface area contributed by atoms with E-state index in [-0.39, 0.29) is 0 Å². The quantitative estimate of drug-likeness (QED) is 0.639. The molecule has 0 unspecified atom stereocenters. The van der Waals surface area contributed by atoms with E-state index in [1.165, 1.54) is 27.2 Å². The zero-order valence-electron chi connectivity index (χ0n) is 5.03. The van der Waals surface area contributed by atoms with E-state index in [0.717, 1.165) is 9.36 Å². The van der Waals surface area contributed by atoms with Gasteiger partial charge in [0, 0.05) is 0 Å². The zero-order chi connectivity index (χ0) is 6.97. The summed E-state index contributed by atoms with van der Waals surface area (Å²) in [6.45, 7) is 0. The van der Waals surface area contributed by atoms with Crippen LogP contribution in [0.5, 0.6) is 0 Å². The van der Waals surface area contributed by atoms with E-state index in [0.29, 0.717) is 0 Å². The summed E-state index contributed by atoms with van der Waals surface area (Å²) in [6, 6.07) is 2.02. The molecule has 2 aromatic heterocycles. The Bertz CT molecular complexity index is 357. The summed E-state index contributed by atoms with van der Waals surface area (Å²) >= 11 is 2.96. The molecule has 0 aliphatic heterocycles. The monoisotopic (exact) mass is 255 g/mol. The first-order chi connectivity index (χ1) is 4.86. The zero-order valence-corrected chi connectivity index (χ0v) is 8.71. The number of hydrogen-bond donors (Lipinski definition) is 0. The summed E-state index contributed by atoms with van der Waals surface area (Å²) in [5, 5.41) is 2.04. The summed E-state index contributed by atoms with van der Waals surface area (Å²) in [5.41, 5.74) is 1.08. The van der Waals surface area contributed by atoms with Crippen LogP contribution in [0.4, 0.5) is 0 Å². The Morgan fingerprint density at radius 1 is 1.50 bits per heavy atom. The van der Waals surface area contributed by atoms with Crippen molar-refractivity contribution in [2.45, 2.75) is 0 Å². The molecule has 2 rings (SSSR count). The second-order valence-electron chi connectivity index (χ2n) is 1.86. The van der Waals surface area contributed by atoms with Crippen molar-refractivity contribution < 1.29 is 0 Å². The fourth-order valence-electron chi connectivity index (χ4n) is 0.766. The molecule has 0 amide bonds. The Balaban J connectivity index is 2.86. The summed E-state index contributed by atoms with van der Waals surface area (Å²) in [5.74, 6) is 0. The molecule has 0 aliphatic carbocycles. The molecule has 0 N–H and O–H groups in total. The standard InChI is InChI=1S/C6H3N2S.Sn/c1-2-9-6-3-7-4-8-5(1)6;/h1-3H;. The maximum atomic E-state index is 4.27. The first-order valence-corrected chi connectivity index (χ1v) is 5.09. The van der Waals surface area contributed by atoms with E-state index < -0.39 is 0 Å². The minimum atomic E-state index is 0.929. The molecule has 0 fully saturated rings. The second-order valence-corrected chi connectivity index (χ2v) is 4.09. The van der Waals surface area contributed by atoms with Crippen LogP contribution in [0.25, 0.3) is 10.2 Å². The van der Waals surface area contributed by atoms with Crippen LogP contribution in [-0.4, -0.2) is 32.5 Å². The topological polar surface area (TPSA) is 25.8 Å². The number of fused-ring (bicyclic) bond motifs is 1. The summed E-state index contributed by atoms with van der Waals surface area (Å²) < 4.78 is 2.10. The van der Waals surface area contributed by atoms with Gasteiger partial charge in [0.05, 0.1) is 0 Å². The number of thiophene rings is 1. The van der Waals surface area contributed by atoms with E-state index in [1.54, 1.807) is 11.3 Å². The van der Waals surface area contributed by atoms with Crippen molar-refractivity contribution in [3.63, 3.8) is 0 Å². The number of rotatable bonds is 0. The van der Waals surface area contributed by atoms with Gasteiger partial charge in [-0.3, -0.25) is 0 Å². The SMILES string of the molecule is [Sn][c]1ncc2sccc2n1. The van der Waals surface area contributed by atoms with Crippen LogP contribution in [0.3, 0.4) is 0 Å². The minimum absolute atomic E-state index is 0.929. The van der Waals surface area contributed by atoms with Gasteiger partial charge in [0.25, 0.3) is 0 Å². The number of aromatic nitrogens is 2. The van der Waals surface area contributed by atoms with Gasteiger partial charge in [-0.05, 0) is 0 Å². The Kier molecular flexibility index (Phi) is 1.61. The van der Waals surface area contributed by atoms with Crippen molar-refractivity contribution in [3.05, 3.63) is 17.6 Å². The number of hydrogen-bond acceptors (Lipinski definition) is 3. The Morgan fingerprint density at radius 3 is 3.30 bits per heavy atom. The molecule has 2 nitrogen and oxygen atoms in total. The third-order valence-corrected chi connectivity index (χ3v) is 2.73. The van der Waals surface area contributed by atoms with Gasteiger partial charge >= 0.3 is 75.5 Å². The predicted octanol–water partition coefficient (Wildman–Crippen LogP) is 0.485. The van der Waals surface area contributed by atoms with Crippen molar-refractivity contribution in [3.8, 4) is 0 Å². The molecule has 0 aromatic carbocycles. The van der Waals surface area contributed by atoms with Gasteiger partial charge in [-0.2, -0.15) is 0 Å². The van der Waals surface area contributed by atoms with Crippen molar-refractivity contribution in [1.82, 2.24) is 9.97 Å². The maximum absolute atomic E-state index is 4.27. The van der Waals surface area contributed by atoms with E-state index >= 15 is 0 Å². The molecule has 3 radical (unpaired) electrons. The van der Waals surface area contributed by atoms with E-state index in [1.807, 2.05) is 17.6 Å². The molecule has 4 heteroatoms. The summed E-state index contributed by atoms with van der Waals surface area (Å²) in [7, 11) is 0. The van der Waals surface area contributed by atoms with Crippen LogP contribution < -0.4 is 3.84 Å². The third kappa shape index (κ3) is 1.03. The van der Waals surface area contributed by atoms with Gasteiger partial charge < -0.3 is 0 Å². The normalized spacial score (nSPS) is 10.5. The molecule has 2 heterocycles. The predicted molar refractivity (Wildman–Crippen MR) is 42.8 cm³/mol. The van der Waals surface area contributed by atoms with Gasteiger partial charge in [0.2, 0.25) is 0 Å². The Morgan fingerprint density at radius 2 is 2.40 bits per heavy atom. The van der Waals surface area contributed by atoms with Crippen molar-refractivity contribution in [2.24, 2.45) is 0 Å². The molecular formula is C6H3N2SSn. The van der Waals surface area contributed by atoms with Gasteiger partial charge in [-0.1, -0.05) is 0 Å². The first kappa shape index (κ1) is 6.54. The average molecular weight is 254 g/mol. The van der Waals surface area contributed by atoms with Gasteiger partial charge in [0.1, 0.15) is 0 Å². The summed E-state index contributed by atoms with van der Waals surface area (Å²) in [4.78, 5) is 8.39. The fourth-order valence-corrected chi connectivity index (χ4v) is 1.99. The summed E-state index contributed by atoms with van der Waals surface area (Å²) in [6.07, 6.45) is 1.89. The van der Waals surface area contributed by atoms with Crippen molar-refractivity contribution in [1.29, 1.82) is 0 Å². The molecule has 47 valence electrons. The second kappa shape index (κ2) is 2.47. The van der Waals surface area contributed by atoms with Crippen LogP contribution in [0.1, 0.15) is 0 Å². The van der Waals surface area contributed by atoms with Gasteiger partial charge in [-0.15, -0.1) is 0 Å². The van der Waals surface area contributed by atoms with E-state index in [2.05, 4.69) is 9.97 Å². The van der Waals surface area contributed by atoms with Gasteiger partial charge in [-0.25, -0.2) is 0 Å². The Labute approximate surface area is 75.4 Å². The molecule has 2 aromatic rings. The van der Waals surface area contributed by atoms with Crippen molar-refractivity contribution in [2.75, 3.05) is 0 Å². The first-order valence-electron chi connectivity index (χ1n) is 2.78. The molecule has 0 bridgehead atoms. The van der Waals surface area contributed by atoms with Crippen molar-refractivity contribution >= 4 is 47.9 Å². The molecule has 0 spiro atoms. The fraction of sp³-hybridized carbons (Fsp3) is 0. The molecular weight excluding hydrogens is 251 g/mol. The van der Waals surface area contributed by atoms with Crippen LogP contribution in [0, 0.1) is 0 Å².